The number of hydrogen-bond donors (Lipinski definition) is 0. The summed E-state index contributed by atoms with van der Waals surface area (Å²) in [6, 6.07) is 7.16. The summed E-state index contributed by atoms with van der Waals surface area (Å²) in [5.41, 5.74) is 0. The first-order chi connectivity index (χ1) is 11.9. The Morgan fingerprint density at radius 3 is 2.88 bits per heavy atom. The molecule has 3 aromatic heterocycles. The molecule has 0 atom stereocenters. The highest BCUT2D eigenvalue weighted by molar-refractivity contribution is 9.10. The summed E-state index contributed by atoms with van der Waals surface area (Å²) in [7, 11) is 0. The van der Waals surface area contributed by atoms with Crippen molar-refractivity contribution in [2.75, 3.05) is 0 Å². The third kappa shape index (κ3) is 4.12. The van der Waals surface area contributed by atoms with Gasteiger partial charge >= 0.3 is 5.82 Å². The van der Waals surface area contributed by atoms with E-state index in [1.54, 1.807) is 24.3 Å². The van der Waals surface area contributed by atoms with Crippen LogP contribution < -0.4 is 0 Å². The molecule has 25 heavy (non-hydrogen) atoms. The smallest absolute Gasteiger partial charge is 0.404 e. The molecule has 3 rings (SSSR count). The molecular weight excluding hydrogens is 410 g/mol. The zero-order chi connectivity index (χ0) is 18.0. The molecular formula is C16H12BrN3O4S. The third-order valence-electron chi connectivity index (χ3n) is 3.25. The Balaban J connectivity index is 1.68. The van der Waals surface area contributed by atoms with Crippen molar-refractivity contribution in [1.82, 2.24) is 9.78 Å². The van der Waals surface area contributed by atoms with Crippen molar-refractivity contribution >= 4 is 44.9 Å². The van der Waals surface area contributed by atoms with Crippen LogP contribution in [0.3, 0.4) is 0 Å². The van der Waals surface area contributed by atoms with Crippen LogP contribution in [0.15, 0.2) is 45.4 Å². The number of halogens is 1. The fourth-order valence-electron chi connectivity index (χ4n) is 2.13. The Hall–Kier alpha value is -2.52. The van der Waals surface area contributed by atoms with Gasteiger partial charge in [0.15, 0.2) is 5.78 Å². The minimum absolute atomic E-state index is 0.0809. The van der Waals surface area contributed by atoms with E-state index >= 15 is 0 Å². The summed E-state index contributed by atoms with van der Waals surface area (Å²) in [5, 5.41) is 14.7. The van der Waals surface area contributed by atoms with Gasteiger partial charge in [-0.2, -0.15) is 4.68 Å². The molecule has 0 fully saturated rings. The van der Waals surface area contributed by atoms with Gasteiger partial charge in [0.05, 0.1) is 16.2 Å². The first-order valence-electron chi connectivity index (χ1n) is 7.17. The predicted octanol–water partition coefficient (Wildman–Crippen LogP) is 4.46. The molecule has 0 aliphatic carbocycles. The van der Waals surface area contributed by atoms with Gasteiger partial charge in [-0.1, -0.05) is 0 Å². The highest BCUT2D eigenvalue weighted by Crippen LogP contribution is 2.23. The van der Waals surface area contributed by atoms with Gasteiger partial charge in [0.2, 0.25) is 0 Å². The van der Waals surface area contributed by atoms with Crippen molar-refractivity contribution < 1.29 is 14.1 Å². The number of ketones is 1. The number of carbonyl (C=O) groups excluding carboxylic acids is 1. The van der Waals surface area contributed by atoms with Gasteiger partial charge in [-0.3, -0.25) is 4.79 Å². The summed E-state index contributed by atoms with van der Waals surface area (Å²) in [6.07, 6.45) is 4.57. The minimum atomic E-state index is -0.561. The van der Waals surface area contributed by atoms with E-state index in [4.69, 9.17) is 4.42 Å². The van der Waals surface area contributed by atoms with Crippen LogP contribution in [0.5, 0.6) is 0 Å². The SMILES string of the molecule is Cc1ccc(C(=O)/C=C/c2ccc(Cn3cc(Br)c([N+](=O)[O-])n3)o2)s1. The van der Waals surface area contributed by atoms with Gasteiger partial charge in [0.1, 0.15) is 22.5 Å². The fourth-order valence-corrected chi connectivity index (χ4v) is 3.38. The highest BCUT2D eigenvalue weighted by atomic mass is 79.9. The topological polar surface area (TPSA) is 91.2 Å². The number of nitrogens with zero attached hydrogens (tertiary/aromatic N) is 3. The van der Waals surface area contributed by atoms with E-state index < -0.39 is 4.92 Å². The maximum atomic E-state index is 12.0. The molecule has 0 N–H and O–H groups in total. The van der Waals surface area contributed by atoms with Gasteiger partial charge in [0.25, 0.3) is 0 Å². The van der Waals surface area contributed by atoms with Crippen molar-refractivity contribution in [3.8, 4) is 0 Å². The van der Waals surface area contributed by atoms with Crippen LogP contribution in [0.25, 0.3) is 6.08 Å². The van der Waals surface area contributed by atoms with Gasteiger partial charge < -0.3 is 14.5 Å². The molecule has 0 aliphatic heterocycles. The lowest BCUT2D eigenvalue weighted by Gasteiger charge is -1.92. The van der Waals surface area contributed by atoms with Gasteiger partial charge in [-0.05, 0) is 64.2 Å². The van der Waals surface area contributed by atoms with E-state index in [1.165, 1.54) is 28.3 Å². The highest BCUT2D eigenvalue weighted by Gasteiger charge is 2.19. The number of aromatic nitrogens is 2. The molecule has 0 amide bonds. The molecule has 0 aliphatic rings. The molecule has 0 spiro atoms. The average Bonchev–Trinajstić information content (AvgIpc) is 3.26. The number of thiophene rings is 1. The molecule has 0 bridgehead atoms. The summed E-state index contributed by atoms with van der Waals surface area (Å²) in [5.74, 6) is 0.771. The maximum Gasteiger partial charge on any atom is 0.404 e. The van der Waals surface area contributed by atoms with Gasteiger partial charge in [-0.15, -0.1) is 11.3 Å². The Kier molecular flexibility index (Phi) is 4.95. The van der Waals surface area contributed by atoms with Crippen LogP contribution in [0.4, 0.5) is 5.82 Å². The predicted molar refractivity (Wildman–Crippen MR) is 96.8 cm³/mol. The molecule has 0 aromatic carbocycles. The normalized spacial score (nSPS) is 11.3. The van der Waals surface area contributed by atoms with E-state index in [0.29, 0.717) is 20.9 Å². The molecule has 3 heterocycles. The second-order valence-corrected chi connectivity index (χ2v) is 7.31. The molecule has 128 valence electrons. The Bertz CT molecular complexity index is 970. The molecule has 9 heteroatoms. The van der Waals surface area contributed by atoms with Crippen molar-refractivity contribution in [3.05, 3.63) is 72.4 Å². The van der Waals surface area contributed by atoms with Crippen LogP contribution in [-0.4, -0.2) is 20.5 Å². The van der Waals surface area contributed by atoms with E-state index in [0.717, 1.165) is 4.88 Å². The average molecular weight is 422 g/mol. The van der Waals surface area contributed by atoms with E-state index in [-0.39, 0.29) is 18.1 Å². The quantitative estimate of drug-likeness (QED) is 0.253. The number of hydrogen-bond acceptors (Lipinski definition) is 6. The standard InChI is InChI=1S/C16H12BrN3O4S/c1-10-2-7-15(25-10)14(21)6-5-11-3-4-12(24-11)8-19-9-13(17)16(18-19)20(22)23/h2-7,9H,8H2,1H3/b6-5+. The van der Waals surface area contributed by atoms with Crippen molar-refractivity contribution in [3.63, 3.8) is 0 Å². The van der Waals surface area contributed by atoms with Crippen molar-refractivity contribution in [1.29, 1.82) is 0 Å². The molecule has 0 saturated carbocycles. The second-order valence-electron chi connectivity index (χ2n) is 5.17. The van der Waals surface area contributed by atoms with Crippen LogP contribution in [0, 0.1) is 17.0 Å². The van der Waals surface area contributed by atoms with Gasteiger partial charge in [-0.25, -0.2) is 0 Å². The molecule has 0 saturated heterocycles. The second kappa shape index (κ2) is 7.16. The lowest BCUT2D eigenvalue weighted by molar-refractivity contribution is -0.390. The monoisotopic (exact) mass is 421 g/mol. The number of allylic oxidation sites excluding steroid dienone is 1. The number of carbonyl (C=O) groups is 1. The van der Waals surface area contributed by atoms with E-state index in [1.807, 2.05) is 13.0 Å². The number of furan rings is 1. The first kappa shape index (κ1) is 17.3. The summed E-state index contributed by atoms with van der Waals surface area (Å²) >= 11 is 4.54. The molecule has 3 aromatic rings. The summed E-state index contributed by atoms with van der Waals surface area (Å²) in [4.78, 5) is 24.0. The Morgan fingerprint density at radius 2 is 2.24 bits per heavy atom. The summed E-state index contributed by atoms with van der Waals surface area (Å²) < 4.78 is 7.32. The number of rotatable bonds is 6. The van der Waals surface area contributed by atoms with E-state index in [9.17, 15) is 14.9 Å². The lowest BCUT2D eigenvalue weighted by Crippen LogP contribution is -2.00. The van der Waals surface area contributed by atoms with Crippen LogP contribution in [-0.2, 0) is 6.54 Å². The number of aryl methyl sites for hydroxylation is 1. The summed E-state index contributed by atoms with van der Waals surface area (Å²) in [6.45, 7) is 2.19. The van der Waals surface area contributed by atoms with Crippen LogP contribution in [0.2, 0.25) is 0 Å². The zero-order valence-corrected chi connectivity index (χ0v) is 15.4. The van der Waals surface area contributed by atoms with Crippen molar-refractivity contribution in [2.24, 2.45) is 0 Å². The third-order valence-corrected chi connectivity index (χ3v) is 4.83. The van der Waals surface area contributed by atoms with Crippen molar-refractivity contribution in [2.45, 2.75) is 13.5 Å². The van der Waals surface area contributed by atoms with Gasteiger partial charge in [0, 0.05) is 4.88 Å². The van der Waals surface area contributed by atoms with E-state index in [2.05, 4.69) is 21.0 Å². The fraction of sp³-hybridized carbons (Fsp3) is 0.125. The molecule has 0 radical (unpaired) electrons. The lowest BCUT2D eigenvalue weighted by atomic mass is 10.3. The molecule has 0 unspecified atom stereocenters. The number of nitro groups is 1. The minimum Gasteiger partial charge on any atom is -0.460 e. The van der Waals surface area contributed by atoms with Crippen LogP contribution >= 0.6 is 27.3 Å². The maximum absolute atomic E-state index is 12.0. The van der Waals surface area contributed by atoms with Crippen LogP contribution in [0.1, 0.15) is 26.1 Å². The first-order valence-corrected chi connectivity index (χ1v) is 8.78. The Morgan fingerprint density at radius 1 is 1.44 bits per heavy atom. The molecule has 7 nitrogen and oxygen atoms in total. The largest absolute Gasteiger partial charge is 0.460 e. The Labute approximate surface area is 154 Å². The zero-order valence-electron chi connectivity index (χ0n) is 13.0.